The van der Waals surface area contributed by atoms with Gasteiger partial charge in [-0.2, -0.15) is 0 Å². The summed E-state index contributed by atoms with van der Waals surface area (Å²) in [6.07, 6.45) is 0.560. The van der Waals surface area contributed by atoms with Gasteiger partial charge in [-0.15, -0.1) is 0 Å². The number of carbonyl (C=O) groups is 2. The van der Waals surface area contributed by atoms with E-state index >= 15 is 0 Å². The Morgan fingerprint density at radius 3 is 2.68 bits per heavy atom. The number of benzene rings is 1. The molecule has 0 saturated carbocycles. The van der Waals surface area contributed by atoms with Crippen molar-refractivity contribution in [1.82, 2.24) is 0 Å². The first-order valence-corrected chi connectivity index (χ1v) is 6.10. The Labute approximate surface area is 112 Å². The monoisotopic (exact) mass is 266 g/mol. The van der Waals surface area contributed by atoms with Gasteiger partial charge in [0, 0.05) is 6.42 Å². The normalized spacial score (nSPS) is 10.0. The lowest BCUT2D eigenvalue weighted by atomic mass is 10.1. The van der Waals surface area contributed by atoms with E-state index in [2.05, 4.69) is 0 Å². The maximum atomic E-state index is 11.5. The van der Waals surface area contributed by atoms with Crippen molar-refractivity contribution in [3.8, 4) is 11.5 Å². The first-order valence-electron chi connectivity index (χ1n) is 6.10. The van der Waals surface area contributed by atoms with Gasteiger partial charge in [0.25, 0.3) is 0 Å². The molecule has 0 spiro atoms. The predicted octanol–water partition coefficient (Wildman–Crippen LogP) is 1.86. The quantitative estimate of drug-likeness (QED) is 0.602. The van der Waals surface area contributed by atoms with E-state index in [0.717, 1.165) is 5.56 Å². The summed E-state index contributed by atoms with van der Waals surface area (Å²) in [6, 6.07) is 4.91. The molecule has 0 fully saturated rings. The third-order valence-corrected chi connectivity index (χ3v) is 2.58. The van der Waals surface area contributed by atoms with Gasteiger partial charge in [-0.05, 0) is 31.0 Å². The molecule has 1 aromatic carbocycles. The van der Waals surface area contributed by atoms with E-state index < -0.39 is 5.97 Å². The minimum absolute atomic E-state index is 0.0594. The maximum Gasteiger partial charge on any atom is 0.313 e. The molecule has 5 nitrogen and oxygen atoms in total. The lowest BCUT2D eigenvalue weighted by Gasteiger charge is -2.06. The van der Waals surface area contributed by atoms with Crippen LogP contribution in [0.5, 0.6) is 11.5 Å². The number of hydrogen-bond acceptors (Lipinski definition) is 5. The number of phenolic OH excluding ortho intramolecular Hbond substituents is 1. The van der Waals surface area contributed by atoms with Gasteiger partial charge in [-0.25, -0.2) is 0 Å². The van der Waals surface area contributed by atoms with Crippen LogP contribution >= 0.6 is 0 Å². The molecule has 0 atom stereocenters. The summed E-state index contributed by atoms with van der Waals surface area (Å²) in [6.45, 7) is 1.98. The average Bonchev–Trinajstić information content (AvgIpc) is 2.38. The number of ketones is 1. The van der Waals surface area contributed by atoms with Gasteiger partial charge in [0.15, 0.2) is 11.5 Å². The van der Waals surface area contributed by atoms with E-state index in [1.807, 2.05) is 0 Å². The molecule has 19 heavy (non-hydrogen) atoms. The summed E-state index contributed by atoms with van der Waals surface area (Å²) >= 11 is 0. The van der Waals surface area contributed by atoms with Crippen LogP contribution in [0, 0.1) is 0 Å². The van der Waals surface area contributed by atoms with Crippen molar-refractivity contribution < 1.29 is 24.2 Å². The van der Waals surface area contributed by atoms with Gasteiger partial charge in [-0.3, -0.25) is 9.59 Å². The Bertz CT molecular complexity index is 453. The highest BCUT2D eigenvalue weighted by Gasteiger charge is 2.11. The molecule has 0 saturated heterocycles. The second-order valence-electron chi connectivity index (χ2n) is 4.03. The van der Waals surface area contributed by atoms with E-state index in [-0.39, 0.29) is 31.0 Å². The predicted molar refractivity (Wildman–Crippen MR) is 69.2 cm³/mol. The number of aromatic hydroxyl groups is 1. The van der Waals surface area contributed by atoms with E-state index in [4.69, 9.17) is 9.47 Å². The third kappa shape index (κ3) is 4.99. The van der Waals surface area contributed by atoms with Gasteiger partial charge in [0.05, 0.1) is 13.7 Å². The third-order valence-electron chi connectivity index (χ3n) is 2.58. The Morgan fingerprint density at radius 2 is 2.05 bits per heavy atom. The van der Waals surface area contributed by atoms with Crippen LogP contribution < -0.4 is 4.74 Å². The van der Waals surface area contributed by atoms with Crippen molar-refractivity contribution in [2.45, 2.75) is 26.2 Å². The number of methoxy groups -OCH3 is 1. The number of carbonyl (C=O) groups excluding carboxylic acids is 2. The molecule has 0 aliphatic heterocycles. The van der Waals surface area contributed by atoms with Crippen molar-refractivity contribution in [2.24, 2.45) is 0 Å². The molecule has 1 aromatic rings. The van der Waals surface area contributed by atoms with Crippen LogP contribution in [-0.4, -0.2) is 30.6 Å². The van der Waals surface area contributed by atoms with Gasteiger partial charge in [0.1, 0.15) is 12.2 Å². The van der Waals surface area contributed by atoms with E-state index in [1.165, 1.54) is 13.2 Å². The minimum atomic E-state index is -0.490. The zero-order chi connectivity index (χ0) is 14.3. The second kappa shape index (κ2) is 7.41. The fraction of sp³-hybridized carbons (Fsp3) is 0.429. The van der Waals surface area contributed by atoms with E-state index in [0.29, 0.717) is 12.2 Å². The van der Waals surface area contributed by atoms with Crippen LogP contribution in [0.25, 0.3) is 0 Å². The molecule has 104 valence electrons. The maximum absolute atomic E-state index is 11.5. The van der Waals surface area contributed by atoms with Gasteiger partial charge >= 0.3 is 5.97 Å². The topological polar surface area (TPSA) is 72.8 Å². The standard InChI is InChI=1S/C14H18O5/c1-3-19-14(17)9-11(15)6-4-10-5-7-12(16)13(8-10)18-2/h5,7-8,16H,3-4,6,9H2,1-2H3. The lowest BCUT2D eigenvalue weighted by Crippen LogP contribution is -2.11. The largest absolute Gasteiger partial charge is 0.504 e. The number of aryl methyl sites for hydroxylation is 1. The Kier molecular flexibility index (Phi) is 5.85. The zero-order valence-electron chi connectivity index (χ0n) is 11.1. The van der Waals surface area contributed by atoms with Crippen LogP contribution in [0.1, 0.15) is 25.3 Å². The fourth-order valence-corrected chi connectivity index (χ4v) is 1.62. The summed E-state index contributed by atoms with van der Waals surface area (Å²) in [5.41, 5.74) is 0.867. The van der Waals surface area contributed by atoms with Gasteiger partial charge < -0.3 is 14.6 Å². The van der Waals surface area contributed by atoms with Crippen LogP contribution in [-0.2, 0) is 20.7 Å². The van der Waals surface area contributed by atoms with E-state index in [9.17, 15) is 14.7 Å². The van der Waals surface area contributed by atoms with Gasteiger partial charge in [0.2, 0.25) is 0 Å². The summed E-state index contributed by atoms with van der Waals surface area (Å²) in [4.78, 5) is 22.7. The zero-order valence-corrected chi connectivity index (χ0v) is 11.1. The second-order valence-corrected chi connectivity index (χ2v) is 4.03. The Balaban J connectivity index is 2.48. The fourth-order valence-electron chi connectivity index (χ4n) is 1.62. The van der Waals surface area contributed by atoms with Crippen LogP contribution in [0.15, 0.2) is 18.2 Å². The molecule has 0 heterocycles. The molecule has 5 heteroatoms. The lowest BCUT2D eigenvalue weighted by molar-refractivity contribution is -0.145. The number of hydrogen-bond donors (Lipinski definition) is 1. The molecule has 1 N–H and O–H groups in total. The Hall–Kier alpha value is -2.04. The Morgan fingerprint density at radius 1 is 1.32 bits per heavy atom. The SMILES string of the molecule is CCOC(=O)CC(=O)CCc1ccc(O)c(OC)c1. The van der Waals surface area contributed by atoms with Crippen LogP contribution in [0.2, 0.25) is 0 Å². The molecule has 0 amide bonds. The smallest absolute Gasteiger partial charge is 0.313 e. The van der Waals surface area contributed by atoms with Crippen molar-refractivity contribution in [2.75, 3.05) is 13.7 Å². The highest BCUT2D eigenvalue weighted by atomic mass is 16.5. The van der Waals surface area contributed by atoms with Crippen molar-refractivity contribution in [1.29, 1.82) is 0 Å². The number of rotatable bonds is 7. The molecule has 1 rings (SSSR count). The van der Waals surface area contributed by atoms with Gasteiger partial charge in [-0.1, -0.05) is 6.07 Å². The summed E-state index contributed by atoms with van der Waals surface area (Å²) in [5.74, 6) is -0.222. The van der Waals surface area contributed by atoms with Crippen molar-refractivity contribution in [3.05, 3.63) is 23.8 Å². The minimum Gasteiger partial charge on any atom is -0.504 e. The molecule has 0 radical (unpaired) electrons. The summed E-state index contributed by atoms with van der Waals surface area (Å²) < 4.78 is 9.68. The number of phenols is 1. The number of Topliss-reactive ketones (excluding diaryl/α,β-unsaturated/α-hetero) is 1. The molecule has 0 unspecified atom stereocenters. The highest BCUT2D eigenvalue weighted by Crippen LogP contribution is 2.26. The number of esters is 1. The molecule has 0 aliphatic carbocycles. The summed E-state index contributed by atoms with van der Waals surface area (Å²) in [7, 11) is 1.46. The average molecular weight is 266 g/mol. The number of ether oxygens (including phenoxy) is 2. The highest BCUT2D eigenvalue weighted by molar-refractivity contribution is 5.95. The molecule has 0 aromatic heterocycles. The molecule has 0 aliphatic rings. The molecular formula is C14H18O5. The first kappa shape index (κ1) is 15.0. The van der Waals surface area contributed by atoms with E-state index in [1.54, 1.807) is 19.1 Å². The summed E-state index contributed by atoms with van der Waals surface area (Å²) in [5, 5.41) is 9.44. The van der Waals surface area contributed by atoms with Crippen molar-refractivity contribution in [3.63, 3.8) is 0 Å². The van der Waals surface area contributed by atoms with Crippen LogP contribution in [0.4, 0.5) is 0 Å². The van der Waals surface area contributed by atoms with Crippen LogP contribution in [0.3, 0.4) is 0 Å². The molecule has 0 bridgehead atoms. The van der Waals surface area contributed by atoms with Crippen molar-refractivity contribution >= 4 is 11.8 Å². The first-order chi connectivity index (χ1) is 9.06. The molecular weight excluding hydrogens is 248 g/mol.